The Kier molecular flexibility index (Phi) is 6.86. The van der Waals surface area contributed by atoms with Gasteiger partial charge in [-0.1, -0.05) is 69.3 Å². The van der Waals surface area contributed by atoms with Gasteiger partial charge in [0.15, 0.2) is 8.32 Å². The van der Waals surface area contributed by atoms with E-state index in [2.05, 4.69) is 39.2 Å². The highest BCUT2D eigenvalue weighted by molar-refractivity contribution is 6.74. The van der Waals surface area contributed by atoms with Gasteiger partial charge in [0, 0.05) is 5.69 Å². The number of anilines is 1. The number of hydrogen-bond donors (Lipinski definition) is 2. The van der Waals surface area contributed by atoms with E-state index in [4.69, 9.17) is 9.53 Å². The lowest BCUT2D eigenvalue weighted by atomic mass is 9.98. The first-order valence-electron chi connectivity index (χ1n) is 10.6. The Morgan fingerprint density at radius 1 is 0.875 bits per heavy atom. The molecule has 0 aromatic heterocycles. The van der Waals surface area contributed by atoms with Crippen molar-refractivity contribution in [2.45, 2.75) is 45.0 Å². The SMILES string of the molecule is CC(C)(C)[Si](C)(C)OC(c1ccc(NC(=O)O)cc1)c1ccc(-c2ccc(F)cc2)cc1. The van der Waals surface area contributed by atoms with Crippen LogP contribution in [0.2, 0.25) is 18.1 Å². The van der Waals surface area contributed by atoms with Gasteiger partial charge >= 0.3 is 6.09 Å². The molecule has 1 amide bonds. The molecule has 0 fully saturated rings. The summed E-state index contributed by atoms with van der Waals surface area (Å²) in [4.78, 5) is 10.9. The van der Waals surface area contributed by atoms with Crippen LogP contribution >= 0.6 is 0 Å². The quantitative estimate of drug-likeness (QED) is 0.378. The van der Waals surface area contributed by atoms with Gasteiger partial charge in [-0.3, -0.25) is 5.32 Å². The number of halogens is 1. The number of nitrogens with one attached hydrogen (secondary N) is 1. The van der Waals surface area contributed by atoms with E-state index in [9.17, 15) is 9.18 Å². The Morgan fingerprint density at radius 3 is 1.75 bits per heavy atom. The summed E-state index contributed by atoms with van der Waals surface area (Å²) in [5.74, 6) is -0.256. The lowest BCUT2D eigenvalue weighted by molar-refractivity contribution is 0.209. The van der Waals surface area contributed by atoms with Crippen LogP contribution in [-0.2, 0) is 4.43 Å². The molecule has 0 aliphatic rings. The summed E-state index contributed by atoms with van der Waals surface area (Å²) in [6, 6.07) is 21.9. The number of amides is 1. The van der Waals surface area contributed by atoms with E-state index in [1.54, 1.807) is 24.3 Å². The molecule has 1 atom stereocenters. The molecular formula is C26H30FNO3Si. The van der Waals surface area contributed by atoms with Crippen molar-refractivity contribution in [1.29, 1.82) is 0 Å². The monoisotopic (exact) mass is 451 g/mol. The number of rotatable bonds is 6. The van der Waals surface area contributed by atoms with E-state index in [1.165, 1.54) is 12.1 Å². The zero-order valence-corrected chi connectivity index (χ0v) is 20.1. The fourth-order valence-corrected chi connectivity index (χ4v) is 4.37. The molecule has 0 aliphatic heterocycles. The lowest BCUT2D eigenvalue weighted by Crippen LogP contribution is -2.42. The maximum absolute atomic E-state index is 13.3. The molecule has 1 unspecified atom stereocenters. The standard InChI is InChI=1S/C26H30FNO3Si/c1-26(2,3)32(4,5)31-24(21-12-16-23(17-13-21)28-25(29)30)20-8-6-18(7-9-20)19-10-14-22(27)15-11-19/h6-17,24,28H,1-5H3,(H,29,30). The highest BCUT2D eigenvalue weighted by Crippen LogP contribution is 2.42. The fourth-order valence-electron chi connectivity index (χ4n) is 3.16. The Labute approximate surface area is 190 Å². The van der Waals surface area contributed by atoms with Crippen molar-refractivity contribution in [3.63, 3.8) is 0 Å². The van der Waals surface area contributed by atoms with E-state index in [1.807, 2.05) is 36.4 Å². The van der Waals surface area contributed by atoms with Crippen LogP contribution in [0, 0.1) is 5.82 Å². The second-order valence-corrected chi connectivity index (χ2v) is 14.2. The summed E-state index contributed by atoms with van der Waals surface area (Å²) in [6.45, 7) is 11.0. The highest BCUT2D eigenvalue weighted by atomic mass is 28.4. The van der Waals surface area contributed by atoms with Crippen molar-refractivity contribution in [2.75, 3.05) is 5.32 Å². The second-order valence-electron chi connectivity index (χ2n) is 9.44. The number of hydrogen-bond acceptors (Lipinski definition) is 2. The zero-order chi connectivity index (χ0) is 23.5. The average molecular weight is 452 g/mol. The van der Waals surface area contributed by atoms with Crippen LogP contribution in [0.4, 0.5) is 14.9 Å². The van der Waals surface area contributed by atoms with Gasteiger partial charge in [0.05, 0.1) is 6.10 Å². The summed E-state index contributed by atoms with van der Waals surface area (Å²) in [6.07, 6.45) is -1.37. The molecule has 168 valence electrons. The molecule has 0 saturated carbocycles. The molecule has 0 aliphatic carbocycles. The van der Waals surface area contributed by atoms with Gasteiger partial charge < -0.3 is 9.53 Å². The third-order valence-corrected chi connectivity index (χ3v) is 10.5. The van der Waals surface area contributed by atoms with Crippen LogP contribution < -0.4 is 5.32 Å². The molecule has 0 spiro atoms. The normalized spacial score (nSPS) is 12.9. The molecule has 6 heteroatoms. The van der Waals surface area contributed by atoms with E-state index in [0.717, 1.165) is 22.3 Å². The van der Waals surface area contributed by atoms with Crippen LogP contribution in [0.15, 0.2) is 72.8 Å². The molecule has 3 aromatic rings. The molecule has 0 saturated heterocycles. The van der Waals surface area contributed by atoms with Gasteiger partial charge in [-0.05, 0) is 64.7 Å². The van der Waals surface area contributed by atoms with Gasteiger partial charge in [0.25, 0.3) is 0 Å². The van der Waals surface area contributed by atoms with Gasteiger partial charge in [0.1, 0.15) is 5.82 Å². The second kappa shape index (κ2) is 9.26. The minimum Gasteiger partial charge on any atom is -0.465 e. The van der Waals surface area contributed by atoms with E-state index >= 15 is 0 Å². The first-order valence-corrected chi connectivity index (χ1v) is 13.5. The molecular weight excluding hydrogens is 421 g/mol. The Morgan fingerprint density at radius 2 is 1.31 bits per heavy atom. The molecule has 0 radical (unpaired) electrons. The topological polar surface area (TPSA) is 58.6 Å². The van der Waals surface area contributed by atoms with Gasteiger partial charge in [-0.2, -0.15) is 0 Å². The average Bonchev–Trinajstić information content (AvgIpc) is 2.72. The highest BCUT2D eigenvalue weighted by Gasteiger charge is 2.39. The van der Waals surface area contributed by atoms with Gasteiger partial charge in [-0.25, -0.2) is 9.18 Å². The summed E-state index contributed by atoms with van der Waals surface area (Å²) < 4.78 is 20.1. The summed E-state index contributed by atoms with van der Waals surface area (Å²) in [7, 11) is -2.11. The van der Waals surface area contributed by atoms with Crippen LogP contribution in [0.3, 0.4) is 0 Å². The maximum Gasteiger partial charge on any atom is 0.409 e. The lowest BCUT2D eigenvalue weighted by Gasteiger charge is -2.39. The number of carboxylic acid groups (broad SMARTS) is 1. The smallest absolute Gasteiger partial charge is 0.409 e. The summed E-state index contributed by atoms with van der Waals surface area (Å²) in [5, 5.41) is 11.4. The molecule has 2 N–H and O–H groups in total. The van der Waals surface area contributed by atoms with Crippen LogP contribution in [0.5, 0.6) is 0 Å². The molecule has 0 bridgehead atoms. The van der Waals surface area contributed by atoms with E-state index < -0.39 is 14.4 Å². The Balaban J connectivity index is 1.96. The first-order chi connectivity index (χ1) is 15.0. The molecule has 4 nitrogen and oxygen atoms in total. The van der Waals surface area contributed by atoms with E-state index in [0.29, 0.717) is 5.69 Å². The van der Waals surface area contributed by atoms with Crippen LogP contribution in [-0.4, -0.2) is 19.5 Å². The predicted molar refractivity (Wildman–Crippen MR) is 130 cm³/mol. The van der Waals surface area contributed by atoms with Crippen molar-refractivity contribution in [2.24, 2.45) is 0 Å². The number of benzene rings is 3. The van der Waals surface area contributed by atoms with Gasteiger partial charge in [-0.15, -0.1) is 0 Å². The van der Waals surface area contributed by atoms with Crippen molar-refractivity contribution in [3.8, 4) is 11.1 Å². The largest absolute Gasteiger partial charge is 0.465 e. The molecule has 32 heavy (non-hydrogen) atoms. The zero-order valence-electron chi connectivity index (χ0n) is 19.1. The van der Waals surface area contributed by atoms with Crippen LogP contribution in [0.25, 0.3) is 11.1 Å². The summed E-state index contributed by atoms with van der Waals surface area (Å²) in [5.41, 5.74) is 4.43. The molecule has 3 aromatic carbocycles. The van der Waals surface area contributed by atoms with Crippen molar-refractivity contribution >= 4 is 20.1 Å². The van der Waals surface area contributed by atoms with Crippen molar-refractivity contribution < 1.29 is 18.7 Å². The van der Waals surface area contributed by atoms with Crippen molar-refractivity contribution in [1.82, 2.24) is 0 Å². The minimum atomic E-state index is -2.11. The fraction of sp³-hybridized carbons (Fsp3) is 0.269. The predicted octanol–water partition coefficient (Wildman–Crippen LogP) is 7.69. The van der Waals surface area contributed by atoms with Gasteiger partial charge in [0.2, 0.25) is 0 Å². The Bertz CT molecular complexity index is 1060. The Hall–Kier alpha value is -2.96. The first kappa shape index (κ1) is 23.7. The van der Waals surface area contributed by atoms with E-state index in [-0.39, 0.29) is 17.0 Å². The maximum atomic E-state index is 13.3. The number of carbonyl (C=O) groups is 1. The van der Waals surface area contributed by atoms with Crippen LogP contribution in [0.1, 0.15) is 38.0 Å². The minimum absolute atomic E-state index is 0.0319. The molecule has 3 rings (SSSR count). The summed E-state index contributed by atoms with van der Waals surface area (Å²) >= 11 is 0. The molecule has 0 heterocycles. The van der Waals surface area contributed by atoms with Crippen molar-refractivity contribution in [3.05, 3.63) is 89.7 Å². The third-order valence-electron chi connectivity index (χ3n) is 6.07. The third kappa shape index (κ3) is 5.63.